The molecule has 6 nitrogen and oxygen atoms in total. The largest absolute Gasteiger partial charge is 0.372 e. The number of aromatic nitrogens is 4. The topological polar surface area (TPSA) is 66.8 Å². The maximum absolute atomic E-state index is 4.63. The number of aryl methyl sites for hydroxylation is 1. The van der Waals surface area contributed by atoms with Gasteiger partial charge in [0.1, 0.15) is 18.0 Å². The van der Waals surface area contributed by atoms with Crippen LogP contribution in [0, 0.1) is 6.92 Å². The summed E-state index contributed by atoms with van der Waals surface area (Å²) in [5.41, 5.74) is 2.05. The fourth-order valence-corrected chi connectivity index (χ4v) is 2.74. The number of nitrogens with zero attached hydrogens (tertiary/aromatic N) is 5. The third-order valence-electron chi connectivity index (χ3n) is 3.86. The lowest BCUT2D eigenvalue weighted by atomic mass is 9.95. The van der Waals surface area contributed by atoms with E-state index >= 15 is 0 Å². The van der Waals surface area contributed by atoms with Crippen LogP contribution in [-0.2, 0) is 0 Å². The third-order valence-corrected chi connectivity index (χ3v) is 3.86. The van der Waals surface area contributed by atoms with Crippen LogP contribution in [0.4, 0.5) is 11.6 Å². The predicted molar refractivity (Wildman–Crippen MR) is 82.5 cm³/mol. The van der Waals surface area contributed by atoms with Gasteiger partial charge in [-0.3, -0.25) is 4.98 Å². The number of piperidine rings is 1. The highest BCUT2D eigenvalue weighted by molar-refractivity contribution is 5.40. The van der Waals surface area contributed by atoms with E-state index in [1.165, 1.54) is 0 Å². The molecular weight excluding hydrogens is 264 g/mol. The molecule has 0 amide bonds. The van der Waals surface area contributed by atoms with E-state index in [0.717, 1.165) is 49.0 Å². The highest BCUT2D eigenvalue weighted by Gasteiger charge is 2.23. The molecule has 1 fully saturated rings. The maximum atomic E-state index is 4.63. The SMILES string of the molecule is CNc1cncc([C@@H]2CCCN(c3cc(C)ncn3)C2)n1. The summed E-state index contributed by atoms with van der Waals surface area (Å²) in [6.07, 6.45) is 7.54. The summed E-state index contributed by atoms with van der Waals surface area (Å²) >= 11 is 0. The molecule has 2 aromatic rings. The van der Waals surface area contributed by atoms with Crippen LogP contribution in [0.25, 0.3) is 0 Å². The molecule has 0 saturated carbocycles. The minimum absolute atomic E-state index is 0.398. The summed E-state index contributed by atoms with van der Waals surface area (Å²) < 4.78 is 0. The van der Waals surface area contributed by atoms with E-state index in [1.807, 2.05) is 26.2 Å². The van der Waals surface area contributed by atoms with Gasteiger partial charge in [0.15, 0.2) is 0 Å². The number of hydrogen-bond donors (Lipinski definition) is 1. The summed E-state index contributed by atoms with van der Waals surface area (Å²) in [6.45, 7) is 3.96. The first-order chi connectivity index (χ1) is 10.3. The van der Waals surface area contributed by atoms with Crippen molar-refractivity contribution < 1.29 is 0 Å². The average molecular weight is 284 g/mol. The number of hydrogen-bond acceptors (Lipinski definition) is 6. The van der Waals surface area contributed by atoms with Crippen molar-refractivity contribution in [2.24, 2.45) is 0 Å². The Hall–Kier alpha value is -2.24. The minimum atomic E-state index is 0.398. The Morgan fingerprint density at radius 3 is 3.00 bits per heavy atom. The zero-order valence-corrected chi connectivity index (χ0v) is 12.5. The summed E-state index contributed by atoms with van der Waals surface area (Å²) in [5.74, 6) is 2.22. The Balaban J connectivity index is 1.79. The van der Waals surface area contributed by atoms with Crippen LogP contribution >= 0.6 is 0 Å². The van der Waals surface area contributed by atoms with Gasteiger partial charge in [-0.25, -0.2) is 15.0 Å². The zero-order valence-electron chi connectivity index (χ0n) is 12.5. The zero-order chi connectivity index (χ0) is 14.7. The Morgan fingerprint density at radius 2 is 2.19 bits per heavy atom. The monoisotopic (exact) mass is 284 g/mol. The lowest BCUT2D eigenvalue weighted by Crippen LogP contribution is -2.35. The number of nitrogens with one attached hydrogen (secondary N) is 1. The van der Waals surface area contributed by atoms with Gasteiger partial charge in [0.25, 0.3) is 0 Å². The van der Waals surface area contributed by atoms with Gasteiger partial charge in [-0.15, -0.1) is 0 Å². The van der Waals surface area contributed by atoms with Gasteiger partial charge in [-0.1, -0.05) is 0 Å². The summed E-state index contributed by atoms with van der Waals surface area (Å²) in [7, 11) is 1.87. The maximum Gasteiger partial charge on any atom is 0.144 e. The summed E-state index contributed by atoms with van der Waals surface area (Å²) in [5, 5.41) is 3.05. The Morgan fingerprint density at radius 1 is 1.29 bits per heavy atom. The normalized spacial score (nSPS) is 18.6. The molecule has 0 aromatic carbocycles. The van der Waals surface area contributed by atoms with Gasteiger partial charge >= 0.3 is 0 Å². The van der Waals surface area contributed by atoms with Crippen LogP contribution in [0.15, 0.2) is 24.8 Å². The van der Waals surface area contributed by atoms with Crippen LogP contribution in [0.1, 0.15) is 30.1 Å². The van der Waals surface area contributed by atoms with Crippen molar-refractivity contribution >= 4 is 11.6 Å². The highest BCUT2D eigenvalue weighted by Crippen LogP contribution is 2.28. The van der Waals surface area contributed by atoms with Gasteiger partial charge in [0.05, 0.1) is 11.9 Å². The van der Waals surface area contributed by atoms with Gasteiger partial charge < -0.3 is 10.2 Å². The van der Waals surface area contributed by atoms with Crippen LogP contribution in [0.3, 0.4) is 0 Å². The van der Waals surface area contributed by atoms with Crippen LogP contribution < -0.4 is 10.2 Å². The molecule has 0 radical (unpaired) electrons. The summed E-state index contributed by atoms with van der Waals surface area (Å²) in [4.78, 5) is 19.8. The second-order valence-corrected chi connectivity index (χ2v) is 5.38. The van der Waals surface area contributed by atoms with Crippen molar-refractivity contribution in [1.82, 2.24) is 19.9 Å². The van der Waals surface area contributed by atoms with Gasteiger partial charge in [0, 0.05) is 44.0 Å². The summed E-state index contributed by atoms with van der Waals surface area (Å²) in [6, 6.07) is 2.04. The minimum Gasteiger partial charge on any atom is -0.372 e. The van der Waals surface area contributed by atoms with Crippen molar-refractivity contribution in [2.75, 3.05) is 30.4 Å². The Bertz CT molecular complexity index is 615. The average Bonchev–Trinajstić information content (AvgIpc) is 2.55. The molecule has 1 atom stereocenters. The molecule has 1 aliphatic heterocycles. The first-order valence-electron chi connectivity index (χ1n) is 7.29. The van der Waals surface area contributed by atoms with Gasteiger partial charge in [-0.2, -0.15) is 0 Å². The first-order valence-corrected chi connectivity index (χ1v) is 7.29. The van der Waals surface area contributed by atoms with E-state index in [1.54, 1.807) is 12.5 Å². The van der Waals surface area contributed by atoms with E-state index in [0.29, 0.717) is 5.92 Å². The van der Waals surface area contributed by atoms with E-state index in [2.05, 4.69) is 30.2 Å². The third kappa shape index (κ3) is 3.09. The van der Waals surface area contributed by atoms with E-state index in [-0.39, 0.29) is 0 Å². The predicted octanol–water partition coefficient (Wildman–Crippen LogP) is 2.00. The van der Waals surface area contributed by atoms with Crippen molar-refractivity contribution in [3.8, 4) is 0 Å². The van der Waals surface area contributed by atoms with Crippen molar-refractivity contribution in [2.45, 2.75) is 25.7 Å². The lowest BCUT2D eigenvalue weighted by Gasteiger charge is -2.33. The first kappa shape index (κ1) is 13.7. The molecule has 2 aromatic heterocycles. The second kappa shape index (κ2) is 6.03. The number of rotatable bonds is 3. The standard InChI is InChI=1S/C15H20N6/c1-11-6-15(19-10-18-11)21-5-3-4-12(9-21)13-7-17-8-14(16-2)20-13/h6-8,10,12H,3-5,9H2,1-2H3,(H,16,20)/t12-/m1/s1. The molecule has 1 saturated heterocycles. The molecule has 110 valence electrons. The molecule has 3 rings (SSSR count). The lowest BCUT2D eigenvalue weighted by molar-refractivity contribution is 0.497. The molecule has 3 heterocycles. The van der Waals surface area contributed by atoms with Crippen LogP contribution in [0.5, 0.6) is 0 Å². The molecule has 0 spiro atoms. The number of anilines is 2. The van der Waals surface area contributed by atoms with E-state index in [4.69, 9.17) is 0 Å². The molecule has 0 bridgehead atoms. The van der Waals surface area contributed by atoms with Crippen LogP contribution in [0.2, 0.25) is 0 Å². The van der Waals surface area contributed by atoms with E-state index in [9.17, 15) is 0 Å². The highest BCUT2D eigenvalue weighted by atomic mass is 15.2. The molecule has 1 aliphatic rings. The van der Waals surface area contributed by atoms with E-state index < -0.39 is 0 Å². The molecule has 1 N–H and O–H groups in total. The fourth-order valence-electron chi connectivity index (χ4n) is 2.74. The van der Waals surface area contributed by atoms with Gasteiger partial charge in [0.2, 0.25) is 0 Å². The fraction of sp³-hybridized carbons (Fsp3) is 0.467. The molecule has 0 unspecified atom stereocenters. The Kier molecular flexibility index (Phi) is 3.94. The molecule has 21 heavy (non-hydrogen) atoms. The van der Waals surface area contributed by atoms with Crippen molar-refractivity contribution in [3.63, 3.8) is 0 Å². The van der Waals surface area contributed by atoms with Crippen molar-refractivity contribution in [1.29, 1.82) is 0 Å². The second-order valence-electron chi connectivity index (χ2n) is 5.38. The molecule has 6 heteroatoms. The molecular formula is C15H20N6. The van der Waals surface area contributed by atoms with Gasteiger partial charge in [-0.05, 0) is 19.8 Å². The van der Waals surface area contributed by atoms with Crippen molar-refractivity contribution in [3.05, 3.63) is 36.2 Å². The smallest absolute Gasteiger partial charge is 0.144 e. The van der Waals surface area contributed by atoms with Crippen LogP contribution in [-0.4, -0.2) is 40.1 Å². The quantitative estimate of drug-likeness (QED) is 0.930. The molecule has 0 aliphatic carbocycles. The Labute approximate surface area is 124 Å².